The molecule has 1 fully saturated rings. The molecule has 0 aliphatic carbocycles. The third-order valence-electron chi connectivity index (χ3n) is 4.75. The van der Waals surface area contributed by atoms with Crippen molar-refractivity contribution in [2.75, 3.05) is 13.1 Å². The van der Waals surface area contributed by atoms with Crippen LogP contribution in [0.15, 0.2) is 42.5 Å². The number of hydrogen-bond acceptors (Lipinski definition) is 3. The Bertz CT molecular complexity index is 766. The lowest BCUT2D eigenvalue weighted by Crippen LogP contribution is -2.39. The molecule has 0 spiro atoms. The predicted octanol–water partition coefficient (Wildman–Crippen LogP) is 3.38. The number of aliphatic carboxylic acids is 1. The molecule has 1 aliphatic heterocycles. The number of pyridine rings is 1. The van der Waals surface area contributed by atoms with Gasteiger partial charge in [-0.1, -0.05) is 30.3 Å². The van der Waals surface area contributed by atoms with Gasteiger partial charge in [0, 0.05) is 25.1 Å². The molecule has 130 valence electrons. The smallest absolute Gasteiger partial charge is 0.303 e. The minimum Gasteiger partial charge on any atom is -0.481 e. The quantitative estimate of drug-likeness (QED) is 0.928. The third-order valence-corrected chi connectivity index (χ3v) is 4.75. The molecular weight excluding hydrogens is 316 g/mol. The van der Waals surface area contributed by atoms with E-state index in [1.807, 2.05) is 54.3 Å². The lowest BCUT2D eigenvalue weighted by atomic mass is 9.93. The third kappa shape index (κ3) is 4.05. The van der Waals surface area contributed by atoms with Crippen molar-refractivity contribution in [3.8, 4) is 11.3 Å². The number of hydrogen-bond donors (Lipinski definition) is 1. The first kappa shape index (κ1) is 17.1. The fourth-order valence-electron chi connectivity index (χ4n) is 3.31. The van der Waals surface area contributed by atoms with Crippen molar-refractivity contribution in [1.82, 2.24) is 9.88 Å². The number of aryl methyl sites for hydroxylation is 1. The Morgan fingerprint density at radius 1 is 1.12 bits per heavy atom. The van der Waals surface area contributed by atoms with E-state index in [2.05, 4.69) is 4.98 Å². The topological polar surface area (TPSA) is 70.5 Å². The molecule has 25 heavy (non-hydrogen) atoms. The van der Waals surface area contributed by atoms with E-state index in [1.165, 1.54) is 0 Å². The number of piperidine rings is 1. The molecule has 1 aliphatic rings. The number of amides is 1. The standard InChI is InChI=1S/C20H22N2O3/c1-14-17(7-8-18(21-14)16-5-3-2-4-6-16)20(25)22-11-9-15(10-12-22)13-19(23)24/h2-8,15H,9-13H2,1H3,(H,23,24). The second-order valence-electron chi connectivity index (χ2n) is 6.53. The van der Waals surface area contributed by atoms with E-state index < -0.39 is 5.97 Å². The van der Waals surface area contributed by atoms with Gasteiger partial charge in [0.15, 0.2) is 0 Å². The van der Waals surface area contributed by atoms with Crippen molar-refractivity contribution >= 4 is 11.9 Å². The first-order valence-corrected chi connectivity index (χ1v) is 8.58. The Hall–Kier alpha value is -2.69. The molecule has 1 saturated heterocycles. The molecule has 5 heteroatoms. The maximum atomic E-state index is 12.8. The van der Waals surface area contributed by atoms with Crippen molar-refractivity contribution in [2.45, 2.75) is 26.2 Å². The molecule has 0 radical (unpaired) electrons. The van der Waals surface area contributed by atoms with Gasteiger partial charge in [-0.25, -0.2) is 0 Å². The summed E-state index contributed by atoms with van der Waals surface area (Å²) in [4.78, 5) is 30.0. The van der Waals surface area contributed by atoms with E-state index in [4.69, 9.17) is 5.11 Å². The highest BCUT2D eigenvalue weighted by Crippen LogP contribution is 2.24. The highest BCUT2D eigenvalue weighted by atomic mass is 16.4. The summed E-state index contributed by atoms with van der Waals surface area (Å²) >= 11 is 0. The van der Waals surface area contributed by atoms with Gasteiger partial charge < -0.3 is 10.0 Å². The van der Waals surface area contributed by atoms with E-state index in [0.717, 1.165) is 29.8 Å². The largest absolute Gasteiger partial charge is 0.481 e. The van der Waals surface area contributed by atoms with Crippen LogP contribution in [0.4, 0.5) is 0 Å². The van der Waals surface area contributed by atoms with Gasteiger partial charge in [0.05, 0.1) is 17.0 Å². The Balaban J connectivity index is 1.70. The number of carbonyl (C=O) groups excluding carboxylic acids is 1. The molecule has 1 aromatic carbocycles. The van der Waals surface area contributed by atoms with Crippen molar-refractivity contribution in [1.29, 1.82) is 0 Å². The van der Waals surface area contributed by atoms with Gasteiger partial charge in [0.1, 0.15) is 0 Å². The number of likely N-dealkylation sites (tertiary alicyclic amines) is 1. The molecule has 2 aromatic rings. The molecular formula is C20H22N2O3. The molecule has 3 rings (SSSR count). The van der Waals surface area contributed by atoms with Crippen LogP contribution in [0.1, 0.15) is 35.3 Å². The highest BCUT2D eigenvalue weighted by Gasteiger charge is 2.26. The summed E-state index contributed by atoms with van der Waals surface area (Å²) in [5.41, 5.74) is 3.23. The average molecular weight is 338 g/mol. The minimum absolute atomic E-state index is 0.0154. The molecule has 2 heterocycles. The Labute approximate surface area is 147 Å². The van der Waals surface area contributed by atoms with E-state index in [-0.39, 0.29) is 18.2 Å². The fraction of sp³-hybridized carbons (Fsp3) is 0.350. The summed E-state index contributed by atoms with van der Waals surface area (Å²) in [6.45, 7) is 3.07. The van der Waals surface area contributed by atoms with Crippen LogP contribution in [0, 0.1) is 12.8 Å². The molecule has 0 atom stereocenters. The van der Waals surface area contributed by atoms with Crippen LogP contribution >= 0.6 is 0 Å². The highest BCUT2D eigenvalue weighted by molar-refractivity contribution is 5.95. The predicted molar refractivity (Wildman–Crippen MR) is 95.3 cm³/mol. The number of aromatic nitrogens is 1. The van der Waals surface area contributed by atoms with Gasteiger partial charge in [-0.3, -0.25) is 14.6 Å². The van der Waals surface area contributed by atoms with Crippen LogP contribution in [0.3, 0.4) is 0 Å². The Morgan fingerprint density at radius 2 is 1.80 bits per heavy atom. The van der Waals surface area contributed by atoms with Gasteiger partial charge in [-0.2, -0.15) is 0 Å². The number of rotatable bonds is 4. The Kier molecular flexibility index (Phi) is 5.12. The summed E-state index contributed by atoms with van der Waals surface area (Å²) < 4.78 is 0. The molecule has 1 amide bonds. The van der Waals surface area contributed by atoms with Crippen LogP contribution in [0.2, 0.25) is 0 Å². The second kappa shape index (κ2) is 7.47. The molecule has 0 bridgehead atoms. The molecule has 0 unspecified atom stereocenters. The number of nitrogens with zero attached hydrogens (tertiary/aromatic N) is 2. The van der Waals surface area contributed by atoms with E-state index in [9.17, 15) is 9.59 Å². The lowest BCUT2D eigenvalue weighted by Gasteiger charge is -2.31. The van der Waals surface area contributed by atoms with Crippen molar-refractivity contribution in [2.24, 2.45) is 5.92 Å². The van der Waals surface area contributed by atoms with Crippen LogP contribution in [-0.2, 0) is 4.79 Å². The summed E-state index contributed by atoms with van der Waals surface area (Å²) in [6.07, 6.45) is 1.67. The van der Waals surface area contributed by atoms with Crippen LogP contribution in [0.25, 0.3) is 11.3 Å². The number of carboxylic acids is 1. The van der Waals surface area contributed by atoms with Gasteiger partial charge in [-0.05, 0) is 37.8 Å². The van der Waals surface area contributed by atoms with Crippen molar-refractivity contribution in [3.63, 3.8) is 0 Å². The lowest BCUT2D eigenvalue weighted by molar-refractivity contribution is -0.138. The summed E-state index contributed by atoms with van der Waals surface area (Å²) in [5, 5.41) is 8.89. The first-order chi connectivity index (χ1) is 12.0. The zero-order chi connectivity index (χ0) is 17.8. The first-order valence-electron chi connectivity index (χ1n) is 8.58. The van der Waals surface area contributed by atoms with Crippen LogP contribution < -0.4 is 0 Å². The monoisotopic (exact) mass is 338 g/mol. The molecule has 1 N–H and O–H groups in total. The van der Waals surface area contributed by atoms with E-state index in [1.54, 1.807) is 0 Å². The summed E-state index contributed by atoms with van der Waals surface area (Å²) in [5.74, 6) is -0.610. The van der Waals surface area contributed by atoms with Crippen LogP contribution in [-0.4, -0.2) is 40.0 Å². The fourth-order valence-corrected chi connectivity index (χ4v) is 3.31. The van der Waals surface area contributed by atoms with Crippen LogP contribution in [0.5, 0.6) is 0 Å². The maximum Gasteiger partial charge on any atom is 0.303 e. The van der Waals surface area contributed by atoms with Gasteiger partial charge >= 0.3 is 5.97 Å². The number of carboxylic acid groups (broad SMARTS) is 1. The SMILES string of the molecule is Cc1nc(-c2ccccc2)ccc1C(=O)N1CCC(CC(=O)O)CC1. The van der Waals surface area contributed by atoms with Gasteiger partial charge in [-0.15, -0.1) is 0 Å². The van der Waals surface area contributed by atoms with E-state index in [0.29, 0.717) is 18.7 Å². The molecule has 1 aromatic heterocycles. The van der Waals surface area contributed by atoms with E-state index >= 15 is 0 Å². The normalized spacial score (nSPS) is 15.2. The average Bonchev–Trinajstić information content (AvgIpc) is 2.62. The van der Waals surface area contributed by atoms with Crippen molar-refractivity contribution < 1.29 is 14.7 Å². The number of benzene rings is 1. The van der Waals surface area contributed by atoms with Gasteiger partial charge in [0.2, 0.25) is 0 Å². The minimum atomic E-state index is -0.763. The molecule has 5 nitrogen and oxygen atoms in total. The second-order valence-corrected chi connectivity index (χ2v) is 6.53. The zero-order valence-electron chi connectivity index (χ0n) is 14.3. The maximum absolute atomic E-state index is 12.8. The van der Waals surface area contributed by atoms with Gasteiger partial charge in [0.25, 0.3) is 5.91 Å². The zero-order valence-corrected chi connectivity index (χ0v) is 14.3. The van der Waals surface area contributed by atoms with Crippen molar-refractivity contribution in [3.05, 3.63) is 53.7 Å². The Morgan fingerprint density at radius 3 is 2.40 bits per heavy atom. The molecule has 0 saturated carbocycles. The summed E-state index contributed by atoms with van der Waals surface area (Å²) in [6, 6.07) is 13.6. The summed E-state index contributed by atoms with van der Waals surface area (Å²) in [7, 11) is 0. The number of carbonyl (C=O) groups is 2.